The second kappa shape index (κ2) is 4.49. The molecule has 0 aliphatic carbocycles. The van der Waals surface area contributed by atoms with E-state index in [2.05, 4.69) is 4.98 Å². The lowest BCUT2D eigenvalue weighted by molar-refractivity contribution is -0.200. The first kappa shape index (κ1) is 13.8. The van der Waals surface area contributed by atoms with E-state index in [9.17, 15) is 9.90 Å². The standard InChI is InChI=1S/C14H20N2O3/c1-13(2)6-9(7-14(3,19-13)12(17)18)11-5-4-10(15)8-16-11/h4-5,8-9H,6-7,15H2,1-3H3,(H,17,18). The van der Waals surface area contributed by atoms with E-state index in [1.54, 1.807) is 19.2 Å². The van der Waals surface area contributed by atoms with Crippen molar-refractivity contribution in [1.29, 1.82) is 0 Å². The van der Waals surface area contributed by atoms with Crippen molar-refractivity contribution < 1.29 is 14.6 Å². The van der Waals surface area contributed by atoms with Gasteiger partial charge in [-0.1, -0.05) is 0 Å². The Labute approximate surface area is 112 Å². The number of carbonyl (C=O) groups is 1. The van der Waals surface area contributed by atoms with Gasteiger partial charge in [-0.15, -0.1) is 0 Å². The molecule has 2 atom stereocenters. The number of hydrogen-bond acceptors (Lipinski definition) is 4. The summed E-state index contributed by atoms with van der Waals surface area (Å²) >= 11 is 0. The van der Waals surface area contributed by atoms with Crippen LogP contribution in [0.3, 0.4) is 0 Å². The molecule has 1 fully saturated rings. The number of aliphatic carboxylic acids is 1. The van der Waals surface area contributed by atoms with Crippen LogP contribution >= 0.6 is 0 Å². The lowest BCUT2D eigenvalue weighted by Gasteiger charge is -2.44. The highest BCUT2D eigenvalue weighted by Gasteiger charge is 2.47. The van der Waals surface area contributed by atoms with E-state index in [0.29, 0.717) is 12.1 Å². The zero-order chi connectivity index (χ0) is 14.3. The number of anilines is 1. The van der Waals surface area contributed by atoms with Gasteiger partial charge in [0.05, 0.1) is 17.5 Å². The number of carboxylic acid groups (broad SMARTS) is 1. The minimum atomic E-state index is -1.17. The number of nitrogen functional groups attached to an aromatic ring is 1. The van der Waals surface area contributed by atoms with Crippen molar-refractivity contribution in [2.75, 3.05) is 5.73 Å². The Morgan fingerprint density at radius 1 is 1.42 bits per heavy atom. The molecule has 0 spiro atoms. The molecular formula is C14H20N2O3. The summed E-state index contributed by atoms with van der Waals surface area (Å²) in [6, 6.07) is 3.66. The van der Waals surface area contributed by atoms with E-state index in [1.807, 2.05) is 19.9 Å². The summed E-state index contributed by atoms with van der Waals surface area (Å²) in [6.07, 6.45) is 2.77. The quantitative estimate of drug-likeness (QED) is 0.855. The van der Waals surface area contributed by atoms with Gasteiger partial charge in [0.2, 0.25) is 0 Å². The van der Waals surface area contributed by atoms with Gasteiger partial charge in [0.15, 0.2) is 5.60 Å². The number of pyridine rings is 1. The molecule has 104 valence electrons. The molecule has 1 aliphatic heterocycles. The van der Waals surface area contributed by atoms with E-state index in [1.165, 1.54) is 0 Å². The van der Waals surface area contributed by atoms with Crippen LogP contribution in [0.2, 0.25) is 0 Å². The Hall–Kier alpha value is -1.62. The van der Waals surface area contributed by atoms with Crippen LogP contribution in [-0.4, -0.2) is 27.3 Å². The summed E-state index contributed by atoms with van der Waals surface area (Å²) < 4.78 is 5.75. The second-order valence-electron chi connectivity index (χ2n) is 6.02. The van der Waals surface area contributed by atoms with Gasteiger partial charge in [-0.3, -0.25) is 4.98 Å². The van der Waals surface area contributed by atoms with Gasteiger partial charge in [0.1, 0.15) is 0 Å². The van der Waals surface area contributed by atoms with Gasteiger partial charge in [-0.25, -0.2) is 4.79 Å². The topological polar surface area (TPSA) is 85.4 Å². The Balaban J connectivity index is 2.31. The van der Waals surface area contributed by atoms with Gasteiger partial charge in [-0.2, -0.15) is 0 Å². The van der Waals surface area contributed by atoms with Gasteiger partial charge >= 0.3 is 5.97 Å². The average Bonchev–Trinajstić information content (AvgIpc) is 2.27. The van der Waals surface area contributed by atoms with Crippen LogP contribution in [0, 0.1) is 0 Å². The van der Waals surface area contributed by atoms with Crippen molar-refractivity contribution in [3.05, 3.63) is 24.0 Å². The van der Waals surface area contributed by atoms with Gasteiger partial charge in [0, 0.05) is 11.6 Å². The molecule has 5 heteroatoms. The molecule has 2 heterocycles. The number of aromatic nitrogens is 1. The van der Waals surface area contributed by atoms with Crippen molar-refractivity contribution in [2.45, 2.75) is 50.7 Å². The maximum Gasteiger partial charge on any atom is 0.335 e. The fourth-order valence-electron chi connectivity index (χ4n) is 2.83. The molecule has 0 amide bonds. The molecule has 2 rings (SSSR count). The molecule has 0 bridgehead atoms. The third kappa shape index (κ3) is 2.87. The molecule has 3 N–H and O–H groups in total. The first-order valence-electron chi connectivity index (χ1n) is 6.37. The molecule has 1 saturated heterocycles. The zero-order valence-corrected chi connectivity index (χ0v) is 11.5. The molecule has 2 unspecified atom stereocenters. The van der Waals surface area contributed by atoms with Crippen LogP contribution in [0.15, 0.2) is 18.3 Å². The van der Waals surface area contributed by atoms with Crippen LogP contribution in [0.25, 0.3) is 0 Å². The van der Waals surface area contributed by atoms with E-state index >= 15 is 0 Å². The molecular weight excluding hydrogens is 244 g/mol. The van der Waals surface area contributed by atoms with Crippen molar-refractivity contribution in [3.63, 3.8) is 0 Å². The fourth-order valence-corrected chi connectivity index (χ4v) is 2.83. The van der Waals surface area contributed by atoms with Crippen LogP contribution in [0.1, 0.15) is 45.2 Å². The minimum absolute atomic E-state index is 0.0606. The maximum absolute atomic E-state index is 11.4. The first-order chi connectivity index (χ1) is 8.72. The predicted molar refractivity (Wildman–Crippen MR) is 71.8 cm³/mol. The summed E-state index contributed by atoms with van der Waals surface area (Å²) in [7, 11) is 0. The third-order valence-electron chi connectivity index (χ3n) is 3.56. The van der Waals surface area contributed by atoms with Crippen LogP contribution in [0.5, 0.6) is 0 Å². The molecule has 0 radical (unpaired) electrons. The number of nitrogens with two attached hydrogens (primary N) is 1. The second-order valence-corrected chi connectivity index (χ2v) is 6.02. The lowest BCUT2D eigenvalue weighted by Crippen LogP contribution is -2.51. The van der Waals surface area contributed by atoms with Crippen LogP contribution in [-0.2, 0) is 9.53 Å². The average molecular weight is 264 g/mol. The minimum Gasteiger partial charge on any atom is -0.479 e. The monoisotopic (exact) mass is 264 g/mol. The number of nitrogens with zero attached hydrogens (tertiary/aromatic N) is 1. The first-order valence-corrected chi connectivity index (χ1v) is 6.37. The maximum atomic E-state index is 11.4. The largest absolute Gasteiger partial charge is 0.479 e. The highest BCUT2D eigenvalue weighted by molar-refractivity contribution is 5.77. The highest BCUT2D eigenvalue weighted by atomic mass is 16.5. The predicted octanol–water partition coefficient (Wildman–Crippen LogP) is 2.18. The van der Waals surface area contributed by atoms with Gasteiger partial charge in [0.25, 0.3) is 0 Å². The van der Waals surface area contributed by atoms with Crippen LogP contribution in [0.4, 0.5) is 5.69 Å². The molecule has 1 aromatic heterocycles. The van der Waals surface area contributed by atoms with Crippen molar-refractivity contribution in [3.8, 4) is 0 Å². The highest BCUT2D eigenvalue weighted by Crippen LogP contribution is 2.43. The van der Waals surface area contributed by atoms with Gasteiger partial charge in [-0.05, 0) is 45.7 Å². The Kier molecular flexibility index (Phi) is 3.26. The lowest BCUT2D eigenvalue weighted by atomic mass is 9.78. The Bertz CT molecular complexity index is 484. The number of hydrogen-bond donors (Lipinski definition) is 2. The van der Waals surface area contributed by atoms with E-state index in [-0.39, 0.29) is 5.92 Å². The molecule has 0 saturated carbocycles. The van der Waals surface area contributed by atoms with Crippen molar-refractivity contribution in [2.24, 2.45) is 0 Å². The molecule has 5 nitrogen and oxygen atoms in total. The summed E-state index contributed by atoms with van der Waals surface area (Å²) in [5.41, 5.74) is 5.45. The van der Waals surface area contributed by atoms with Crippen molar-refractivity contribution >= 4 is 11.7 Å². The number of rotatable bonds is 2. The zero-order valence-electron chi connectivity index (χ0n) is 11.5. The Morgan fingerprint density at radius 2 is 2.11 bits per heavy atom. The fraction of sp³-hybridized carbons (Fsp3) is 0.571. The molecule has 1 aromatic rings. The smallest absolute Gasteiger partial charge is 0.335 e. The summed E-state index contributed by atoms with van der Waals surface area (Å²) in [4.78, 5) is 15.7. The summed E-state index contributed by atoms with van der Waals surface area (Å²) in [5, 5.41) is 9.37. The van der Waals surface area contributed by atoms with Crippen LogP contribution < -0.4 is 5.73 Å². The Morgan fingerprint density at radius 3 is 2.63 bits per heavy atom. The summed E-state index contributed by atoms with van der Waals surface area (Å²) in [6.45, 7) is 5.45. The number of ether oxygens (including phenoxy) is 1. The third-order valence-corrected chi connectivity index (χ3v) is 3.56. The van der Waals surface area contributed by atoms with E-state index in [0.717, 1.165) is 12.1 Å². The molecule has 0 aromatic carbocycles. The molecule has 19 heavy (non-hydrogen) atoms. The van der Waals surface area contributed by atoms with Crippen molar-refractivity contribution in [1.82, 2.24) is 4.98 Å². The number of carboxylic acids is 1. The van der Waals surface area contributed by atoms with Gasteiger partial charge < -0.3 is 15.6 Å². The van der Waals surface area contributed by atoms with E-state index in [4.69, 9.17) is 10.5 Å². The van der Waals surface area contributed by atoms with E-state index < -0.39 is 17.2 Å². The summed E-state index contributed by atoms with van der Waals surface area (Å²) in [5.74, 6) is -0.869. The normalized spacial score (nSPS) is 29.9. The SMILES string of the molecule is CC1(C)CC(c2ccc(N)cn2)CC(C)(C(=O)O)O1. The molecule has 1 aliphatic rings.